The van der Waals surface area contributed by atoms with Gasteiger partial charge in [-0.2, -0.15) is 0 Å². The van der Waals surface area contributed by atoms with E-state index < -0.39 is 6.04 Å². The lowest BCUT2D eigenvalue weighted by molar-refractivity contribution is -0.140. The van der Waals surface area contributed by atoms with Gasteiger partial charge in [0, 0.05) is 17.6 Å². The van der Waals surface area contributed by atoms with E-state index in [2.05, 4.69) is 21.2 Å². The molecule has 0 saturated carbocycles. The van der Waals surface area contributed by atoms with Crippen LogP contribution in [0.4, 0.5) is 0 Å². The fraction of sp³-hybridized carbons (Fsp3) is 0.391. The van der Waals surface area contributed by atoms with E-state index in [0.717, 1.165) is 33.1 Å². The summed E-state index contributed by atoms with van der Waals surface area (Å²) in [6.07, 6.45) is 1.15. The molecule has 1 atom stereocenters. The second-order valence-electron chi connectivity index (χ2n) is 7.22. The van der Waals surface area contributed by atoms with Gasteiger partial charge in [-0.3, -0.25) is 9.59 Å². The molecular weight excluding hydrogens is 416 g/mol. The average Bonchev–Trinajstić information content (AvgIpc) is 2.67. The SMILES string of the molecule is CCCNC(=O)[C@H](C)N(Cc1ccc(Br)cc1)C(=O)Cc1cc(C)ccc1C. The van der Waals surface area contributed by atoms with Crippen molar-refractivity contribution < 1.29 is 9.59 Å². The standard InChI is InChI=1S/C23H29BrN2O2/c1-5-12-25-23(28)18(4)26(15-19-8-10-21(24)11-9-19)22(27)14-20-13-16(2)6-7-17(20)3/h6-11,13,18H,5,12,14-15H2,1-4H3,(H,25,28)/t18-/m0/s1. The van der Waals surface area contributed by atoms with E-state index in [1.165, 1.54) is 0 Å². The number of hydrogen-bond donors (Lipinski definition) is 1. The summed E-state index contributed by atoms with van der Waals surface area (Å²) in [5.41, 5.74) is 4.21. The molecule has 0 unspecified atom stereocenters. The zero-order chi connectivity index (χ0) is 20.7. The van der Waals surface area contributed by atoms with E-state index in [1.807, 2.05) is 63.2 Å². The van der Waals surface area contributed by atoms with E-state index in [9.17, 15) is 9.59 Å². The molecule has 0 saturated heterocycles. The first-order valence-corrected chi connectivity index (χ1v) is 10.5. The second kappa shape index (κ2) is 10.4. The number of hydrogen-bond acceptors (Lipinski definition) is 2. The zero-order valence-corrected chi connectivity index (χ0v) is 18.7. The smallest absolute Gasteiger partial charge is 0.242 e. The van der Waals surface area contributed by atoms with Crippen LogP contribution in [0.5, 0.6) is 0 Å². The molecule has 0 aliphatic carbocycles. The van der Waals surface area contributed by atoms with Crippen LogP contribution in [-0.4, -0.2) is 29.3 Å². The first-order valence-electron chi connectivity index (χ1n) is 9.69. The summed E-state index contributed by atoms with van der Waals surface area (Å²) >= 11 is 3.44. The normalized spacial score (nSPS) is 11.8. The molecular formula is C23H29BrN2O2. The molecule has 2 aromatic carbocycles. The van der Waals surface area contributed by atoms with Gasteiger partial charge in [0.05, 0.1) is 6.42 Å². The van der Waals surface area contributed by atoms with Crippen LogP contribution in [0, 0.1) is 13.8 Å². The van der Waals surface area contributed by atoms with Crippen LogP contribution < -0.4 is 5.32 Å². The number of rotatable bonds is 8. The molecule has 0 fully saturated rings. The van der Waals surface area contributed by atoms with Gasteiger partial charge in [-0.05, 0) is 56.0 Å². The summed E-state index contributed by atoms with van der Waals surface area (Å²) in [6.45, 7) is 8.85. The van der Waals surface area contributed by atoms with Crippen LogP contribution in [0.1, 0.15) is 42.5 Å². The highest BCUT2D eigenvalue weighted by Crippen LogP contribution is 2.17. The minimum absolute atomic E-state index is 0.0456. The highest BCUT2D eigenvalue weighted by Gasteiger charge is 2.26. The molecule has 0 aliphatic rings. The van der Waals surface area contributed by atoms with Gasteiger partial charge in [-0.25, -0.2) is 0 Å². The molecule has 150 valence electrons. The van der Waals surface area contributed by atoms with Gasteiger partial charge in [-0.15, -0.1) is 0 Å². The van der Waals surface area contributed by atoms with Gasteiger partial charge in [0.25, 0.3) is 0 Å². The van der Waals surface area contributed by atoms with Gasteiger partial charge in [0.15, 0.2) is 0 Å². The van der Waals surface area contributed by atoms with Crippen molar-refractivity contribution in [2.45, 2.75) is 53.1 Å². The first kappa shape index (κ1) is 22.2. The van der Waals surface area contributed by atoms with Gasteiger partial charge >= 0.3 is 0 Å². The zero-order valence-electron chi connectivity index (χ0n) is 17.1. The predicted molar refractivity (Wildman–Crippen MR) is 117 cm³/mol. The summed E-state index contributed by atoms with van der Waals surface area (Å²) in [5.74, 6) is -0.163. The fourth-order valence-corrected chi connectivity index (χ4v) is 3.28. The molecule has 0 bridgehead atoms. The highest BCUT2D eigenvalue weighted by atomic mass is 79.9. The third kappa shape index (κ3) is 6.20. The van der Waals surface area contributed by atoms with E-state index in [-0.39, 0.29) is 18.2 Å². The molecule has 1 N–H and O–H groups in total. The number of nitrogens with one attached hydrogen (secondary N) is 1. The number of nitrogens with zero attached hydrogens (tertiary/aromatic N) is 1. The van der Waals surface area contributed by atoms with Crippen molar-refractivity contribution in [3.63, 3.8) is 0 Å². The molecule has 0 aromatic heterocycles. The minimum atomic E-state index is -0.534. The van der Waals surface area contributed by atoms with E-state index in [1.54, 1.807) is 11.8 Å². The van der Waals surface area contributed by atoms with E-state index in [4.69, 9.17) is 0 Å². The van der Waals surface area contributed by atoms with Crippen molar-refractivity contribution >= 4 is 27.7 Å². The number of carbonyl (C=O) groups is 2. The Bertz CT molecular complexity index is 818. The maximum absolute atomic E-state index is 13.2. The summed E-state index contributed by atoms with van der Waals surface area (Å²) in [6, 6.07) is 13.4. The van der Waals surface area contributed by atoms with Crippen molar-refractivity contribution in [3.05, 3.63) is 69.2 Å². The Kier molecular flexibility index (Phi) is 8.24. The average molecular weight is 445 g/mol. The van der Waals surface area contributed by atoms with Crippen molar-refractivity contribution in [1.82, 2.24) is 10.2 Å². The quantitative estimate of drug-likeness (QED) is 0.648. The van der Waals surface area contributed by atoms with Gasteiger partial charge in [0.2, 0.25) is 11.8 Å². The van der Waals surface area contributed by atoms with Gasteiger partial charge in [-0.1, -0.05) is 58.7 Å². The van der Waals surface area contributed by atoms with Crippen molar-refractivity contribution in [2.24, 2.45) is 0 Å². The molecule has 4 nitrogen and oxygen atoms in total. The lowest BCUT2D eigenvalue weighted by Gasteiger charge is -2.29. The first-order chi connectivity index (χ1) is 13.3. The van der Waals surface area contributed by atoms with E-state index in [0.29, 0.717) is 13.1 Å². The lowest BCUT2D eigenvalue weighted by atomic mass is 10.0. The number of carbonyl (C=O) groups excluding carboxylic acids is 2. The number of amides is 2. The monoisotopic (exact) mass is 444 g/mol. The molecule has 0 aliphatic heterocycles. The lowest BCUT2D eigenvalue weighted by Crippen LogP contribution is -2.48. The van der Waals surface area contributed by atoms with Gasteiger partial charge < -0.3 is 10.2 Å². The molecule has 2 amide bonds. The number of benzene rings is 2. The maximum atomic E-state index is 13.2. The Morgan fingerprint density at radius 2 is 1.79 bits per heavy atom. The third-order valence-corrected chi connectivity index (χ3v) is 5.36. The Morgan fingerprint density at radius 1 is 1.11 bits per heavy atom. The Morgan fingerprint density at radius 3 is 2.43 bits per heavy atom. The third-order valence-electron chi connectivity index (χ3n) is 4.83. The minimum Gasteiger partial charge on any atom is -0.354 e. The highest BCUT2D eigenvalue weighted by molar-refractivity contribution is 9.10. The van der Waals surface area contributed by atoms with Crippen molar-refractivity contribution in [3.8, 4) is 0 Å². The predicted octanol–water partition coefficient (Wildman–Crippen LogP) is 4.55. The topological polar surface area (TPSA) is 49.4 Å². The van der Waals surface area contributed by atoms with Crippen molar-refractivity contribution in [1.29, 1.82) is 0 Å². The summed E-state index contributed by atoms with van der Waals surface area (Å²) in [7, 11) is 0. The summed E-state index contributed by atoms with van der Waals surface area (Å²) in [5, 5.41) is 2.91. The maximum Gasteiger partial charge on any atom is 0.242 e. The summed E-state index contributed by atoms with van der Waals surface area (Å²) in [4.78, 5) is 27.4. The number of aryl methyl sites for hydroxylation is 2. The van der Waals surface area contributed by atoms with Crippen LogP contribution in [0.3, 0.4) is 0 Å². The molecule has 5 heteroatoms. The fourth-order valence-electron chi connectivity index (χ4n) is 3.02. The second-order valence-corrected chi connectivity index (χ2v) is 8.14. The molecule has 0 radical (unpaired) electrons. The van der Waals surface area contributed by atoms with Crippen LogP contribution in [-0.2, 0) is 22.6 Å². The summed E-state index contributed by atoms with van der Waals surface area (Å²) < 4.78 is 0.984. The largest absolute Gasteiger partial charge is 0.354 e. The van der Waals surface area contributed by atoms with Gasteiger partial charge in [0.1, 0.15) is 6.04 Å². The van der Waals surface area contributed by atoms with Crippen LogP contribution in [0.25, 0.3) is 0 Å². The Labute approximate surface area is 176 Å². The molecule has 0 heterocycles. The van der Waals surface area contributed by atoms with Crippen molar-refractivity contribution in [2.75, 3.05) is 6.54 Å². The Balaban J connectivity index is 2.24. The van der Waals surface area contributed by atoms with Crippen LogP contribution >= 0.6 is 15.9 Å². The molecule has 2 rings (SSSR count). The number of halogens is 1. The molecule has 28 heavy (non-hydrogen) atoms. The van der Waals surface area contributed by atoms with Crippen LogP contribution in [0.2, 0.25) is 0 Å². The molecule has 2 aromatic rings. The Hall–Kier alpha value is -2.14. The molecule has 0 spiro atoms. The van der Waals surface area contributed by atoms with Crippen LogP contribution in [0.15, 0.2) is 46.9 Å². The van der Waals surface area contributed by atoms with E-state index >= 15 is 0 Å².